The highest BCUT2D eigenvalue weighted by Gasteiger charge is 2.44. The average molecular weight is 384 g/mol. The Morgan fingerprint density at radius 3 is 2.62 bits per heavy atom. The molecule has 1 heterocycles. The van der Waals surface area contributed by atoms with Crippen LogP contribution in [0.2, 0.25) is 0 Å². The van der Waals surface area contributed by atoms with Crippen molar-refractivity contribution in [3.63, 3.8) is 0 Å². The van der Waals surface area contributed by atoms with Crippen LogP contribution in [0, 0.1) is 6.92 Å². The quantitative estimate of drug-likeness (QED) is 0.763. The molecular formula is C17H18F2N2O4S. The normalized spacial score (nSPS) is 12.5. The second-order valence-corrected chi connectivity index (χ2v) is 6.50. The number of halogens is 2. The fourth-order valence-corrected chi connectivity index (χ4v) is 3.19. The molecule has 2 aromatic rings. The van der Waals surface area contributed by atoms with Gasteiger partial charge in [0.25, 0.3) is 5.91 Å². The molecule has 2 rings (SSSR count). The van der Waals surface area contributed by atoms with Crippen molar-refractivity contribution in [1.82, 2.24) is 10.3 Å². The third-order valence-electron chi connectivity index (χ3n) is 3.54. The molecule has 9 heteroatoms. The third-order valence-corrected chi connectivity index (χ3v) is 4.86. The Kier molecular flexibility index (Phi) is 5.91. The highest BCUT2D eigenvalue weighted by molar-refractivity contribution is 7.13. The Morgan fingerprint density at radius 1 is 1.38 bits per heavy atom. The number of amides is 1. The van der Waals surface area contributed by atoms with Crippen molar-refractivity contribution in [3.05, 3.63) is 45.4 Å². The standard InChI is InChI=1S/C17H18F2N2O4S/c1-4-25-12-8-6-5-7-11(12)17(18,19)16(24)21-10(3)14-20-9(2)13(26-14)15(22)23/h5-8,10H,4H2,1-3H3,(H,21,24)(H,22,23). The molecule has 0 aliphatic heterocycles. The van der Waals surface area contributed by atoms with Crippen LogP contribution in [0.4, 0.5) is 8.78 Å². The highest BCUT2D eigenvalue weighted by atomic mass is 32.1. The van der Waals surface area contributed by atoms with Crippen LogP contribution in [-0.2, 0) is 10.7 Å². The van der Waals surface area contributed by atoms with Gasteiger partial charge in [0.1, 0.15) is 15.6 Å². The van der Waals surface area contributed by atoms with Crippen molar-refractivity contribution in [2.45, 2.75) is 32.7 Å². The van der Waals surface area contributed by atoms with Crippen LogP contribution in [0.5, 0.6) is 5.75 Å². The highest BCUT2D eigenvalue weighted by Crippen LogP contribution is 2.36. The Morgan fingerprint density at radius 2 is 2.04 bits per heavy atom. The number of carboxylic acid groups (broad SMARTS) is 1. The maximum absolute atomic E-state index is 14.6. The van der Waals surface area contributed by atoms with Gasteiger partial charge in [-0.15, -0.1) is 11.3 Å². The van der Waals surface area contributed by atoms with E-state index in [9.17, 15) is 18.4 Å². The van der Waals surface area contributed by atoms with Gasteiger partial charge >= 0.3 is 11.9 Å². The number of aromatic carboxylic acids is 1. The first-order valence-corrected chi connectivity index (χ1v) is 8.61. The molecule has 26 heavy (non-hydrogen) atoms. The summed E-state index contributed by atoms with van der Waals surface area (Å²) < 4.78 is 34.4. The first kappa shape index (κ1) is 19.8. The number of ether oxygens (including phenoxy) is 1. The number of nitrogens with zero attached hydrogens (tertiary/aromatic N) is 1. The largest absolute Gasteiger partial charge is 0.493 e. The van der Waals surface area contributed by atoms with E-state index < -0.39 is 29.4 Å². The number of thiazole rings is 1. The molecule has 1 amide bonds. The number of benzene rings is 1. The number of aryl methyl sites for hydroxylation is 1. The van der Waals surface area contributed by atoms with Crippen LogP contribution in [0.1, 0.15) is 45.8 Å². The molecule has 0 spiro atoms. The molecule has 1 atom stereocenters. The molecule has 140 valence electrons. The first-order valence-electron chi connectivity index (χ1n) is 7.80. The summed E-state index contributed by atoms with van der Waals surface area (Å²) in [7, 11) is 0. The molecule has 0 aliphatic rings. The summed E-state index contributed by atoms with van der Waals surface area (Å²) in [4.78, 5) is 27.3. The molecule has 2 N–H and O–H groups in total. The SMILES string of the molecule is CCOc1ccccc1C(F)(F)C(=O)NC(C)c1nc(C)c(C(=O)O)s1. The van der Waals surface area contributed by atoms with Crippen molar-refractivity contribution >= 4 is 23.2 Å². The molecular weight excluding hydrogens is 366 g/mol. The van der Waals surface area contributed by atoms with Gasteiger partial charge in [0.2, 0.25) is 0 Å². The summed E-state index contributed by atoms with van der Waals surface area (Å²) in [5.41, 5.74) is -0.264. The van der Waals surface area contributed by atoms with E-state index >= 15 is 0 Å². The molecule has 0 aliphatic carbocycles. The summed E-state index contributed by atoms with van der Waals surface area (Å²) in [5.74, 6) is -6.55. The molecule has 1 aromatic carbocycles. The van der Waals surface area contributed by atoms with Gasteiger partial charge in [-0.3, -0.25) is 4.79 Å². The minimum absolute atomic E-state index is 0.00884. The molecule has 0 bridgehead atoms. The average Bonchev–Trinajstić information content (AvgIpc) is 2.97. The van der Waals surface area contributed by atoms with Crippen LogP contribution in [-0.4, -0.2) is 28.6 Å². The molecule has 0 fully saturated rings. The second-order valence-electron chi connectivity index (χ2n) is 5.47. The maximum Gasteiger partial charge on any atom is 0.353 e. The van der Waals surface area contributed by atoms with E-state index in [2.05, 4.69) is 10.3 Å². The third kappa shape index (κ3) is 3.98. The number of carbonyl (C=O) groups excluding carboxylic acids is 1. The topological polar surface area (TPSA) is 88.5 Å². The number of hydrogen-bond acceptors (Lipinski definition) is 5. The molecule has 0 saturated carbocycles. The number of rotatable bonds is 7. The number of hydrogen-bond donors (Lipinski definition) is 2. The van der Waals surface area contributed by atoms with Crippen molar-refractivity contribution < 1.29 is 28.2 Å². The second kappa shape index (κ2) is 7.77. The minimum atomic E-state index is -3.82. The Balaban J connectivity index is 2.23. The lowest BCUT2D eigenvalue weighted by Crippen LogP contribution is -2.39. The summed E-state index contributed by atoms with van der Waals surface area (Å²) in [6.07, 6.45) is 0. The van der Waals surface area contributed by atoms with Crippen LogP contribution in [0.3, 0.4) is 0 Å². The number of aromatic nitrogens is 1. The molecule has 1 aromatic heterocycles. The molecule has 0 saturated heterocycles. The van der Waals surface area contributed by atoms with E-state index in [1.807, 2.05) is 0 Å². The van der Waals surface area contributed by atoms with Crippen LogP contribution in [0.25, 0.3) is 0 Å². The number of nitrogens with one attached hydrogen (secondary N) is 1. The lowest BCUT2D eigenvalue weighted by atomic mass is 10.1. The van der Waals surface area contributed by atoms with Gasteiger partial charge in [0, 0.05) is 0 Å². The smallest absolute Gasteiger partial charge is 0.353 e. The van der Waals surface area contributed by atoms with E-state index in [4.69, 9.17) is 9.84 Å². The number of carboxylic acids is 1. The zero-order valence-electron chi connectivity index (χ0n) is 14.4. The van der Waals surface area contributed by atoms with Gasteiger partial charge in [-0.25, -0.2) is 9.78 Å². The van der Waals surface area contributed by atoms with Crippen LogP contribution >= 0.6 is 11.3 Å². The van der Waals surface area contributed by atoms with Crippen LogP contribution in [0.15, 0.2) is 24.3 Å². The molecule has 6 nitrogen and oxygen atoms in total. The summed E-state index contributed by atoms with van der Waals surface area (Å²) >= 11 is 0.840. The van der Waals surface area contributed by atoms with Gasteiger partial charge in [-0.05, 0) is 32.9 Å². The van der Waals surface area contributed by atoms with Gasteiger partial charge in [0.05, 0.1) is 23.9 Å². The first-order chi connectivity index (χ1) is 12.2. The Labute approximate surface area is 152 Å². The fraction of sp³-hybridized carbons (Fsp3) is 0.353. The van der Waals surface area contributed by atoms with E-state index in [1.165, 1.54) is 32.0 Å². The zero-order chi connectivity index (χ0) is 19.5. The van der Waals surface area contributed by atoms with E-state index in [0.29, 0.717) is 0 Å². The predicted octanol–water partition coefficient (Wildman–Crippen LogP) is 3.52. The predicted molar refractivity (Wildman–Crippen MR) is 91.9 cm³/mol. The maximum atomic E-state index is 14.6. The summed E-state index contributed by atoms with van der Waals surface area (Å²) in [6.45, 7) is 4.81. The van der Waals surface area contributed by atoms with Gasteiger partial charge < -0.3 is 15.2 Å². The van der Waals surface area contributed by atoms with Crippen LogP contribution < -0.4 is 10.1 Å². The van der Waals surface area contributed by atoms with Crippen molar-refractivity contribution in [2.75, 3.05) is 6.61 Å². The number of alkyl halides is 2. The lowest BCUT2D eigenvalue weighted by Gasteiger charge is -2.21. The van der Waals surface area contributed by atoms with Gasteiger partial charge in [0.15, 0.2) is 0 Å². The lowest BCUT2D eigenvalue weighted by molar-refractivity contribution is -0.148. The van der Waals surface area contributed by atoms with Crippen molar-refractivity contribution in [1.29, 1.82) is 0 Å². The monoisotopic (exact) mass is 384 g/mol. The van der Waals surface area contributed by atoms with E-state index in [0.717, 1.165) is 17.4 Å². The summed E-state index contributed by atoms with van der Waals surface area (Å²) in [6, 6.07) is 4.56. The number of para-hydroxylation sites is 1. The Bertz CT molecular complexity index is 823. The summed E-state index contributed by atoms with van der Waals surface area (Å²) in [5, 5.41) is 11.5. The number of carbonyl (C=O) groups is 2. The Hall–Kier alpha value is -2.55. The van der Waals surface area contributed by atoms with E-state index in [-0.39, 0.29) is 27.9 Å². The van der Waals surface area contributed by atoms with Gasteiger partial charge in [-0.1, -0.05) is 12.1 Å². The molecule has 1 unspecified atom stereocenters. The molecule has 0 radical (unpaired) electrons. The minimum Gasteiger partial charge on any atom is -0.493 e. The fourth-order valence-electron chi connectivity index (χ4n) is 2.28. The van der Waals surface area contributed by atoms with Gasteiger partial charge in [-0.2, -0.15) is 8.78 Å². The van der Waals surface area contributed by atoms with E-state index in [1.54, 1.807) is 6.92 Å². The van der Waals surface area contributed by atoms with Crippen molar-refractivity contribution in [2.24, 2.45) is 0 Å². The van der Waals surface area contributed by atoms with Crippen molar-refractivity contribution in [3.8, 4) is 5.75 Å². The zero-order valence-corrected chi connectivity index (χ0v) is 15.2.